The summed E-state index contributed by atoms with van der Waals surface area (Å²) in [6.45, 7) is 3.01. The van der Waals surface area contributed by atoms with Gasteiger partial charge < -0.3 is 19.7 Å². The highest BCUT2D eigenvalue weighted by atomic mass is 32.1. The van der Waals surface area contributed by atoms with Gasteiger partial charge in [-0.25, -0.2) is 14.8 Å². The normalized spacial score (nSPS) is 14.7. The molecule has 2 aromatic heterocycles. The van der Waals surface area contributed by atoms with Crippen LogP contribution in [-0.2, 0) is 9.47 Å². The maximum Gasteiger partial charge on any atom is 0.340 e. The van der Waals surface area contributed by atoms with Gasteiger partial charge in [0.25, 0.3) is 0 Å². The van der Waals surface area contributed by atoms with Gasteiger partial charge in [0.05, 0.1) is 25.9 Å². The van der Waals surface area contributed by atoms with Gasteiger partial charge >= 0.3 is 5.97 Å². The minimum absolute atomic E-state index is 0.369. The molecule has 3 heterocycles. The Morgan fingerprint density at radius 2 is 2.23 bits per heavy atom. The molecule has 0 aliphatic carbocycles. The minimum atomic E-state index is -0.369. The molecule has 1 aliphatic rings. The van der Waals surface area contributed by atoms with Gasteiger partial charge in [0, 0.05) is 19.2 Å². The van der Waals surface area contributed by atoms with Crippen molar-refractivity contribution in [2.75, 3.05) is 43.6 Å². The van der Waals surface area contributed by atoms with Crippen LogP contribution in [0, 0.1) is 0 Å². The summed E-state index contributed by atoms with van der Waals surface area (Å²) in [5.41, 5.74) is 0.499. The Bertz CT molecular complexity index is 655. The highest BCUT2D eigenvalue weighted by Crippen LogP contribution is 2.27. The molecule has 0 saturated carbocycles. The quantitative estimate of drug-likeness (QED) is 0.862. The molecule has 0 spiro atoms. The number of morpholine rings is 1. The predicted molar refractivity (Wildman–Crippen MR) is 84.0 cm³/mol. The maximum absolute atomic E-state index is 11.7. The van der Waals surface area contributed by atoms with E-state index in [-0.39, 0.29) is 5.97 Å². The van der Waals surface area contributed by atoms with Crippen LogP contribution < -0.4 is 10.2 Å². The molecule has 1 fully saturated rings. The number of thiophene rings is 1. The van der Waals surface area contributed by atoms with E-state index in [1.165, 1.54) is 24.8 Å². The average molecular weight is 320 g/mol. The average Bonchev–Trinajstić information content (AvgIpc) is 3.03. The summed E-state index contributed by atoms with van der Waals surface area (Å²) in [5, 5.41) is 5.69. The number of aromatic nitrogens is 2. The van der Waals surface area contributed by atoms with Gasteiger partial charge in [-0.15, -0.1) is 11.3 Å². The van der Waals surface area contributed by atoms with Gasteiger partial charge in [0.15, 0.2) is 0 Å². The van der Waals surface area contributed by atoms with Crippen LogP contribution >= 0.6 is 11.3 Å². The van der Waals surface area contributed by atoms with E-state index in [4.69, 9.17) is 9.47 Å². The van der Waals surface area contributed by atoms with Crippen molar-refractivity contribution in [1.82, 2.24) is 9.97 Å². The number of methoxy groups -OCH3 is 1. The third-order valence-electron chi connectivity index (χ3n) is 3.30. The second-order valence-corrected chi connectivity index (χ2v) is 5.56. The van der Waals surface area contributed by atoms with Gasteiger partial charge in [-0.3, -0.25) is 0 Å². The molecule has 116 valence electrons. The lowest BCUT2D eigenvalue weighted by molar-refractivity contribution is 0.0602. The molecule has 3 rings (SSSR count). The molecule has 0 aromatic carbocycles. The summed E-state index contributed by atoms with van der Waals surface area (Å²) < 4.78 is 10.1. The lowest BCUT2D eigenvalue weighted by Crippen LogP contribution is -2.36. The van der Waals surface area contributed by atoms with Gasteiger partial charge in [-0.1, -0.05) is 0 Å². The summed E-state index contributed by atoms with van der Waals surface area (Å²) in [4.78, 5) is 22.3. The topological polar surface area (TPSA) is 76.6 Å². The second-order valence-electron chi connectivity index (χ2n) is 4.64. The van der Waals surface area contributed by atoms with Crippen molar-refractivity contribution >= 4 is 33.9 Å². The van der Waals surface area contributed by atoms with Gasteiger partial charge in [-0.05, 0) is 11.4 Å². The number of nitrogens with zero attached hydrogens (tertiary/aromatic N) is 3. The molecule has 8 heteroatoms. The number of ether oxygens (including phenoxy) is 2. The fraction of sp³-hybridized carbons (Fsp3) is 0.357. The fourth-order valence-electron chi connectivity index (χ4n) is 2.17. The first-order valence-corrected chi connectivity index (χ1v) is 7.73. The van der Waals surface area contributed by atoms with E-state index in [2.05, 4.69) is 20.2 Å². The molecule has 0 radical (unpaired) electrons. The number of carbonyl (C=O) groups is 1. The Kier molecular flexibility index (Phi) is 4.50. The molecule has 1 saturated heterocycles. The van der Waals surface area contributed by atoms with Crippen molar-refractivity contribution in [3.8, 4) is 0 Å². The van der Waals surface area contributed by atoms with Crippen LogP contribution in [0.3, 0.4) is 0 Å². The third kappa shape index (κ3) is 3.18. The highest BCUT2D eigenvalue weighted by Gasteiger charge is 2.16. The first kappa shape index (κ1) is 14.7. The number of carbonyl (C=O) groups excluding carboxylic acids is 1. The zero-order valence-electron chi connectivity index (χ0n) is 12.1. The largest absolute Gasteiger partial charge is 0.465 e. The Morgan fingerprint density at radius 1 is 1.41 bits per heavy atom. The van der Waals surface area contributed by atoms with E-state index in [9.17, 15) is 4.79 Å². The van der Waals surface area contributed by atoms with E-state index >= 15 is 0 Å². The molecule has 0 amide bonds. The zero-order valence-corrected chi connectivity index (χ0v) is 12.9. The van der Waals surface area contributed by atoms with Gasteiger partial charge in [-0.2, -0.15) is 0 Å². The molecular weight excluding hydrogens is 304 g/mol. The summed E-state index contributed by atoms with van der Waals surface area (Å²) in [6, 6.07) is 3.59. The third-order valence-corrected chi connectivity index (χ3v) is 4.13. The maximum atomic E-state index is 11.7. The Morgan fingerprint density at radius 3 is 3.00 bits per heavy atom. The Balaban J connectivity index is 1.78. The number of hydrogen-bond acceptors (Lipinski definition) is 8. The standard InChI is InChI=1S/C14H16N4O3S/c1-20-14(19)10-2-7-22-13(10)17-11-8-12(16-9-15-11)18-3-5-21-6-4-18/h2,7-9H,3-6H2,1H3,(H,15,16,17). The molecule has 7 nitrogen and oxygen atoms in total. The van der Waals surface area contributed by atoms with Crippen molar-refractivity contribution in [2.45, 2.75) is 0 Å². The van der Waals surface area contributed by atoms with Crippen molar-refractivity contribution in [2.24, 2.45) is 0 Å². The first-order chi connectivity index (χ1) is 10.8. The molecule has 2 aromatic rings. The molecule has 22 heavy (non-hydrogen) atoms. The molecule has 0 atom stereocenters. The fourth-order valence-corrected chi connectivity index (χ4v) is 2.96. The molecule has 1 N–H and O–H groups in total. The number of rotatable bonds is 4. The van der Waals surface area contributed by atoms with Crippen LogP contribution in [0.5, 0.6) is 0 Å². The summed E-state index contributed by atoms with van der Waals surface area (Å²) in [6.07, 6.45) is 1.51. The van der Waals surface area contributed by atoms with E-state index in [0.717, 1.165) is 18.9 Å². The molecule has 1 aliphatic heterocycles. The molecular formula is C14H16N4O3S. The predicted octanol–water partition coefficient (Wildman–Crippen LogP) is 1.90. The lowest BCUT2D eigenvalue weighted by atomic mass is 10.3. The Labute approximate surface area is 131 Å². The van der Waals surface area contributed by atoms with E-state index in [0.29, 0.717) is 29.6 Å². The van der Waals surface area contributed by atoms with Crippen LogP contribution in [0.1, 0.15) is 10.4 Å². The van der Waals surface area contributed by atoms with Crippen molar-refractivity contribution in [3.05, 3.63) is 29.4 Å². The van der Waals surface area contributed by atoms with Crippen LogP contribution in [0.25, 0.3) is 0 Å². The number of nitrogens with one attached hydrogen (secondary N) is 1. The molecule has 0 bridgehead atoms. The van der Waals surface area contributed by atoms with Crippen LogP contribution in [0.4, 0.5) is 16.6 Å². The van der Waals surface area contributed by atoms with Crippen molar-refractivity contribution in [3.63, 3.8) is 0 Å². The van der Waals surface area contributed by atoms with E-state index < -0.39 is 0 Å². The Hall–Kier alpha value is -2.19. The molecule has 0 unspecified atom stereocenters. The van der Waals surface area contributed by atoms with E-state index in [1.54, 1.807) is 6.07 Å². The monoisotopic (exact) mass is 320 g/mol. The SMILES string of the molecule is COC(=O)c1ccsc1Nc1cc(N2CCOCC2)ncn1. The van der Waals surface area contributed by atoms with Crippen LogP contribution in [0.15, 0.2) is 23.8 Å². The summed E-state index contributed by atoms with van der Waals surface area (Å²) in [5.74, 6) is 1.12. The summed E-state index contributed by atoms with van der Waals surface area (Å²) in [7, 11) is 1.37. The van der Waals surface area contributed by atoms with Crippen molar-refractivity contribution in [1.29, 1.82) is 0 Å². The smallest absolute Gasteiger partial charge is 0.340 e. The highest BCUT2D eigenvalue weighted by molar-refractivity contribution is 7.14. The number of anilines is 3. The zero-order chi connectivity index (χ0) is 15.4. The second kappa shape index (κ2) is 6.71. The minimum Gasteiger partial charge on any atom is -0.465 e. The van der Waals surface area contributed by atoms with Gasteiger partial charge in [0.2, 0.25) is 0 Å². The van der Waals surface area contributed by atoms with E-state index in [1.807, 2.05) is 11.4 Å². The number of hydrogen-bond donors (Lipinski definition) is 1. The van der Waals surface area contributed by atoms with Crippen LogP contribution in [0.2, 0.25) is 0 Å². The van der Waals surface area contributed by atoms with Gasteiger partial charge in [0.1, 0.15) is 23.0 Å². The first-order valence-electron chi connectivity index (χ1n) is 6.85. The summed E-state index contributed by atoms with van der Waals surface area (Å²) >= 11 is 1.42. The lowest BCUT2D eigenvalue weighted by Gasteiger charge is -2.27. The van der Waals surface area contributed by atoms with Crippen molar-refractivity contribution < 1.29 is 14.3 Å². The van der Waals surface area contributed by atoms with Crippen LogP contribution in [-0.4, -0.2) is 49.4 Å². The number of esters is 1.